The number of esters is 1. The normalized spacial score (nSPS) is 15.4. The molecule has 0 bridgehead atoms. The van der Waals surface area contributed by atoms with E-state index in [9.17, 15) is 18.0 Å². The second-order valence-electron chi connectivity index (χ2n) is 9.01. The van der Waals surface area contributed by atoms with Crippen LogP contribution in [0.1, 0.15) is 17.0 Å². The van der Waals surface area contributed by atoms with Crippen molar-refractivity contribution >= 4 is 44.6 Å². The highest BCUT2D eigenvalue weighted by molar-refractivity contribution is 7.95. The summed E-state index contributed by atoms with van der Waals surface area (Å²) in [6.45, 7) is 0. The fourth-order valence-electron chi connectivity index (χ4n) is 4.75. The van der Waals surface area contributed by atoms with E-state index in [1.54, 1.807) is 72.8 Å². The third-order valence-corrected chi connectivity index (χ3v) is 9.69. The van der Waals surface area contributed by atoms with Gasteiger partial charge in [-0.2, -0.15) is 0 Å². The van der Waals surface area contributed by atoms with E-state index in [0.29, 0.717) is 22.6 Å². The molecule has 0 saturated heterocycles. The van der Waals surface area contributed by atoms with Crippen molar-refractivity contribution in [2.75, 3.05) is 21.3 Å². The summed E-state index contributed by atoms with van der Waals surface area (Å²) in [4.78, 5) is 26.9. The average Bonchev–Trinajstić information content (AvgIpc) is 3.32. The van der Waals surface area contributed by atoms with Crippen LogP contribution in [-0.2, 0) is 19.4 Å². The number of hydrogen-bond donors (Lipinski definition) is 1. The van der Waals surface area contributed by atoms with Crippen LogP contribution in [0.3, 0.4) is 0 Å². The lowest BCUT2D eigenvalue weighted by Crippen LogP contribution is -2.41. The first-order chi connectivity index (χ1) is 19.7. The van der Waals surface area contributed by atoms with E-state index < -0.39 is 27.3 Å². The van der Waals surface area contributed by atoms with E-state index >= 15 is 0 Å². The van der Waals surface area contributed by atoms with Crippen LogP contribution < -0.4 is 30.0 Å². The number of fused-ring (bicyclic) bond motifs is 1. The van der Waals surface area contributed by atoms with E-state index in [4.69, 9.17) is 19.9 Å². The number of ether oxygens (including phenoxy) is 3. The Labute approximate surface area is 240 Å². The van der Waals surface area contributed by atoms with Gasteiger partial charge in [0.15, 0.2) is 0 Å². The minimum Gasteiger partial charge on any atom is -0.497 e. The summed E-state index contributed by atoms with van der Waals surface area (Å²) in [6, 6.07) is 21.5. The van der Waals surface area contributed by atoms with Crippen LogP contribution in [0.2, 0.25) is 0 Å². The number of thiazole rings is 1. The summed E-state index contributed by atoms with van der Waals surface area (Å²) in [6.07, 6.45) is 1.63. The number of carbonyl (C=O) groups excluding carboxylic acids is 1. The molecule has 1 aromatic heterocycles. The molecule has 0 aliphatic carbocycles. The Morgan fingerprint density at radius 3 is 2.24 bits per heavy atom. The first kappa shape index (κ1) is 27.9. The van der Waals surface area contributed by atoms with Gasteiger partial charge in [0.05, 0.1) is 42.2 Å². The van der Waals surface area contributed by atoms with E-state index in [0.717, 1.165) is 15.9 Å². The summed E-state index contributed by atoms with van der Waals surface area (Å²) in [5, 5.41) is 0. The second kappa shape index (κ2) is 11.1. The van der Waals surface area contributed by atoms with E-state index in [1.807, 2.05) is 0 Å². The van der Waals surface area contributed by atoms with Crippen molar-refractivity contribution in [1.82, 2.24) is 4.57 Å². The van der Waals surface area contributed by atoms with Crippen molar-refractivity contribution < 1.29 is 27.4 Å². The summed E-state index contributed by atoms with van der Waals surface area (Å²) in [5.41, 5.74) is 7.10. The average molecular weight is 591 g/mol. The van der Waals surface area contributed by atoms with Gasteiger partial charge in [-0.3, -0.25) is 9.36 Å². The second-order valence-corrected chi connectivity index (χ2v) is 12.0. The highest BCUT2D eigenvalue weighted by Crippen LogP contribution is 2.42. The zero-order valence-electron chi connectivity index (χ0n) is 22.4. The van der Waals surface area contributed by atoms with Crippen molar-refractivity contribution in [2.45, 2.75) is 10.8 Å². The molecule has 1 atom stereocenters. The van der Waals surface area contributed by atoms with Gasteiger partial charge in [-0.25, -0.2) is 13.2 Å². The van der Waals surface area contributed by atoms with E-state index in [1.165, 1.54) is 33.5 Å². The van der Waals surface area contributed by atoms with Gasteiger partial charge in [0, 0.05) is 0 Å². The molecule has 9 nitrogen and oxygen atoms in total. The molecule has 41 heavy (non-hydrogen) atoms. The predicted molar refractivity (Wildman–Crippen MR) is 157 cm³/mol. The molecule has 2 N–H and O–H groups in total. The van der Waals surface area contributed by atoms with Crippen LogP contribution in [0.5, 0.6) is 11.5 Å². The maximum Gasteiger partial charge on any atom is 0.337 e. The summed E-state index contributed by atoms with van der Waals surface area (Å²) >= 11 is 1.02. The monoisotopic (exact) mass is 590 g/mol. The first-order valence-corrected chi connectivity index (χ1v) is 14.7. The highest BCUT2D eigenvalue weighted by atomic mass is 32.2. The molecule has 0 amide bonds. The molecular weight excluding hydrogens is 564 g/mol. The quantitative estimate of drug-likeness (QED) is 0.325. The van der Waals surface area contributed by atoms with Gasteiger partial charge in [-0.05, 0) is 53.6 Å². The van der Waals surface area contributed by atoms with Gasteiger partial charge in [0.2, 0.25) is 9.84 Å². The Bertz CT molecular complexity index is 1970. The maximum absolute atomic E-state index is 14.2. The van der Waals surface area contributed by atoms with Gasteiger partial charge in [0.25, 0.3) is 5.56 Å². The van der Waals surface area contributed by atoms with Gasteiger partial charge in [0.1, 0.15) is 26.9 Å². The molecule has 0 radical (unpaired) electrons. The lowest BCUT2D eigenvalue weighted by atomic mass is 9.89. The fourth-order valence-corrected chi connectivity index (χ4v) is 7.62. The fraction of sp³-hybridized carbons (Fsp3) is 0.133. The van der Waals surface area contributed by atoms with E-state index in [-0.39, 0.29) is 30.4 Å². The molecule has 210 valence electrons. The number of allylic oxidation sites excluding steroid dienone is 1. The minimum absolute atomic E-state index is 0.0307. The maximum atomic E-state index is 14.2. The first-order valence-electron chi connectivity index (χ1n) is 12.4. The number of hydrogen-bond acceptors (Lipinski definition) is 9. The third-order valence-electron chi connectivity index (χ3n) is 6.67. The summed E-state index contributed by atoms with van der Waals surface area (Å²) in [5.74, 6) is -1.24. The van der Waals surface area contributed by atoms with Gasteiger partial charge in [-0.15, -0.1) is 11.3 Å². The SMILES string of the molecule is COC(=O)C1=c2s/c(=C/c3cccc(OC)c3)c(=O)n2C(N)=C(S(=O)(=O)c2ccccc2)C1c1cccc(OC)c1. The zero-order valence-corrected chi connectivity index (χ0v) is 24.0. The Morgan fingerprint density at radius 1 is 0.927 bits per heavy atom. The zero-order chi connectivity index (χ0) is 29.3. The molecule has 5 rings (SSSR count). The standard InChI is InChI=1S/C30H26N2O7S2/c1-37-20-11-7-9-18(15-20)16-23-28(33)32-27(31)26(41(35,36)22-13-5-4-6-14-22)24(19-10-8-12-21(17-19)38-2)25(29(32)40-23)30(34)39-3/h4-17,24H,31H2,1-3H3/b23-16+. The van der Waals surface area contributed by atoms with Crippen LogP contribution in [0, 0.1) is 0 Å². The number of carbonyl (C=O) groups is 1. The van der Waals surface area contributed by atoms with Crippen molar-refractivity contribution in [3.8, 4) is 11.5 Å². The smallest absolute Gasteiger partial charge is 0.337 e. The van der Waals surface area contributed by atoms with Crippen LogP contribution in [0.4, 0.5) is 0 Å². The number of nitrogens with two attached hydrogens (primary N) is 1. The largest absolute Gasteiger partial charge is 0.497 e. The molecule has 11 heteroatoms. The number of benzene rings is 3. The lowest BCUT2D eigenvalue weighted by molar-refractivity contribution is -0.134. The van der Waals surface area contributed by atoms with Crippen molar-refractivity contribution in [3.63, 3.8) is 0 Å². The van der Waals surface area contributed by atoms with Crippen molar-refractivity contribution in [3.05, 3.63) is 114 Å². The number of rotatable bonds is 7. The summed E-state index contributed by atoms with van der Waals surface area (Å²) < 4.78 is 45.7. The van der Waals surface area contributed by atoms with Crippen LogP contribution in [-0.4, -0.2) is 40.3 Å². The molecule has 0 fully saturated rings. The minimum atomic E-state index is -4.32. The van der Waals surface area contributed by atoms with Crippen LogP contribution >= 0.6 is 11.3 Å². The Kier molecular flexibility index (Phi) is 7.57. The van der Waals surface area contributed by atoms with E-state index in [2.05, 4.69) is 0 Å². The molecule has 2 heterocycles. The summed E-state index contributed by atoms with van der Waals surface area (Å²) in [7, 11) is -0.102. The van der Waals surface area contributed by atoms with Crippen LogP contribution in [0.15, 0.2) is 93.5 Å². The number of aromatic nitrogens is 1. The third kappa shape index (κ3) is 4.94. The Balaban J connectivity index is 1.92. The number of nitrogens with zero attached hydrogens (tertiary/aromatic N) is 1. The molecule has 1 unspecified atom stereocenters. The number of methoxy groups -OCH3 is 3. The Hall–Kier alpha value is -4.61. The number of sulfone groups is 1. The molecule has 0 saturated carbocycles. The molecular formula is C30H26N2O7S2. The van der Waals surface area contributed by atoms with Crippen LogP contribution in [0.25, 0.3) is 17.5 Å². The molecule has 0 spiro atoms. The molecule has 1 aliphatic heterocycles. The van der Waals surface area contributed by atoms with Gasteiger partial charge >= 0.3 is 5.97 Å². The van der Waals surface area contributed by atoms with Gasteiger partial charge in [-0.1, -0.05) is 42.5 Å². The predicted octanol–water partition coefficient (Wildman–Crippen LogP) is 2.44. The van der Waals surface area contributed by atoms with Gasteiger partial charge < -0.3 is 19.9 Å². The highest BCUT2D eigenvalue weighted by Gasteiger charge is 2.42. The molecule has 3 aromatic carbocycles. The topological polar surface area (TPSA) is 127 Å². The lowest BCUT2D eigenvalue weighted by Gasteiger charge is -2.28. The van der Waals surface area contributed by atoms with Crippen molar-refractivity contribution in [2.24, 2.45) is 5.73 Å². The molecule has 4 aromatic rings. The molecule has 1 aliphatic rings. The van der Waals surface area contributed by atoms with Crippen molar-refractivity contribution in [1.29, 1.82) is 0 Å². The Morgan fingerprint density at radius 2 is 1.59 bits per heavy atom.